The van der Waals surface area contributed by atoms with Crippen molar-refractivity contribution < 1.29 is 9.18 Å². The molecule has 0 radical (unpaired) electrons. The maximum absolute atomic E-state index is 12.9. The number of nitrogens with one attached hydrogen (secondary N) is 2. The van der Waals surface area contributed by atoms with Gasteiger partial charge in [-0.25, -0.2) is 14.4 Å². The molecule has 7 heteroatoms. The Hall–Kier alpha value is -2.99. The Kier molecular flexibility index (Phi) is 5.76. The van der Waals surface area contributed by atoms with Gasteiger partial charge in [-0.3, -0.25) is 4.79 Å². The molecule has 0 saturated carbocycles. The van der Waals surface area contributed by atoms with Crippen molar-refractivity contribution in [1.29, 1.82) is 0 Å². The number of anilines is 1. The summed E-state index contributed by atoms with van der Waals surface area (Å²) in [7, 11) is 0. The Morgan fingerprint density at radius 2 is 1.81 bits per heavy atom. The summed E-state index contributed by atoms with van der Waals surface area (Å²) in [5, 5.41) is 6.46. The maximum Gasteiger partial charge on any atom is 0.270 e. The quantitative estimate of drug-likeness (QED) is 0.692. The molecule has 0 saturated heterocycles. The number of amides is 1. The molecule has 0 unspecified atom stereocenters. The molecule has 0 spiro atoms. The first-order valence-corrected chi connectivity index (χ1v) is 8.31. The number of rotatable bonds is 6. The lowest BCUT2D eigenvalue weighted by atomic mass is 10.2. The minimum atomic E-state index is -0.322. The van der Waals surface area contributed by atoms with Gasteiger partial charge in [-0.15, -0.1) is 0 Å². The van der Waals surface area contributed by atoms with E-state index in [0.29, 0.717) is 23.9 Å². The molecule has 0 aliphatic heterocycles. The van der Waals surface area contributed by atoms with Crippen molar-refractivity contribution >= 4 is 23.3 Å². The SMILES string of the molecule is O=C(NCc1ccccc1Cl)c1cc(NCc2ccc(F)cc2)ncn1. The molecule has 1 aromatic heterocycles. The number of nitrogens with zero attached hydrogens (tertiary/aromatic N) is 2. The first-order valence-electron chi connectivity index (χ1n) is 7.94. The van der Waals surface area contributed by atoms with Crippen molar-refractivity contribution in [2.75, 3.05) is 5.32 Å². The molecule has 0 aliphatic carbocycles. The van der Waals surface area contributed by atoms with Crippen LogP contribution in [0.25, 0.3) is 0 Å². The van der Waals surface area contributed by atoms with Gasteiger partial charge < -0.3 is 10.6 Å². The lowest BCUT2D eigenvalue weighted by Crippen LogP contribution is -2.24. The van der Waals surface area contributed by atoms with Crippen LogP contribution in [0, 0.1) is 5.82 Å². The van der Waals surface area contributed by atoms with Crippen LogP contribution < -0.4 is 10.6 Å². The zero-order valence-corrected chi connectivity index (χ0v) is 14.5. The molecule has 0 aliphatic rings. The molecule has 132 valence electrons. The van der Waals surface area contributed by atoms with Crippen LogP contribution in [0.4, 0.5) is 10.2 Å². The van der Waals surface area contributed by atoms with Crippen molar-refractivity contribution in [2.45, 2.75) is 13.1 Å². The first-order chi connectivity index (χ1) is 12.6. The summed E-state index contributed by atoms with van der Waals surface area (Å²) in [6, 6.07) is 15.0. The third-order valence-corrected chi connectivity index (χ3v) is 4.05. The highest BCUT2D eigenvalue weighted by molar-refractivity contribution is 6.31. The van der Waals surface area contributed by atoms with Crippen LogP contribution in [0.15, 0.2) is 60.9 Å². The van der Waals surface area contributed by atoms with E-state index in [1.165, 1.54) is 18.5 Å². The van der Waals surface area contributed by atoms with E-state index in [9.17, 15) is 9.18 Å². The van der Waals surface area contributed by atoms with Gasteiger partial charge in [0.2, 0.25) is 0 Å². The molecule has 3 rings (SSSR count). The van der Waals surface area contributed by atoms with Gasteiger partial charge >= 0.3 is 0 Å². The van der Waals surface area contributed by atoms with Gasteiger partial charge in [0.25, 0.3) is 5.91 Å². The monoisotopic (exact) mass is 370 g/mol. The van der Waals surface area contributed by atoms with Crippen molar-refractivity contribution in [2.24, 2.45) is 0 Å². The zero-order chi connectivity index (χ0) is 18.4. The topological polar surface area (TPSA) is 66.9 Å². The van der Waals surface area contributed by atoms with Crippen molar-refractivity contribution in [1.82, 2.24) is 15.3 Å². The predicted octanol–water partition coefficient (Wildman–Crippen LogP) is 3.81. The Labute approximate surface area is 155 Å². The van der Waals surface area contributed by atoms with Gasteiger partial charge in [0.1, 0.15) is 23.7 Å². The Morgan fingerprint density at radius 1 is 1.04 bits per heavy atom. The minimum absolute atomic E-state index is 0.244. The van der Waals surface area contributed by atoms with E-state index in [0.717, 1.165) is 11.1 Å². The van der Waals surface area contributed by atoms with E-state index < -0.39 is 0 Å². The number of hydrogen-bond acceptors (Lipinski definition) is 4. The average Bonchev–Trinajstić information content (AvgIpc) is 2.67. The smallest absolute Gasteiger partial charge is 0.270 e. The highest BCUT2D eigenvalue weighted by Crippen LogP contribution is 2.14. The van der Waals surface area contributed by atoms with E-state index in [2.05, 4.69) is 20.6 Å². The normalized spacial score (nSPS) is 10.4. The molecule has 5 nitrogen and oxygen atoms in total. The van der Waals surface area contributed by atoms with E-state index in [1.807, 2.05) is 18.2 Å². The van der Waals surface area contributed by atoms with Gasteiger partial charge in [0.05, 0.1) is 0 Å². The third kappa shape index (κ3) is 4.77. The summed E-state index contributed by atoms with van der Waals surface area (Å²) in [5.41, 5.74) is 1.97. The lowest BCUT2D eigenvalue weighted by Gasteiger charge is -2.08. The van der Waals surface area contributed by atoms with E-state index in [1.54, 1.807) is 24.3 Å². The summed E-state index contributed by atoms with van der Waals surface area (Å²) < 4.78 is 12.9. The van der Waals surface area contributed by atoms with Crippen LogP contribution in [-0.2, 0) is 13.1 Å². The largest absolute Gasteiger partial charge is 0.366 e. The molecular weight excluding hydrogens is 355 g/mol. The van der Waals surface area contributed by atoms with Crippen LogP contribution in [0.2, 0.25) is 5.02 Å². The summed E-state index contributed by atoms with van der Waals surface area (Å²) >= 11 is 6.08. The van der Waals surface area contributed by atoms with Crippen molar-refractivity contribution in [3.05, 3.63) is 88.6 Å². The van der Waals surface area contributed by atoms with E-state index in [4.69, 9.17) is 11.6 Å². The van der Waals surface area contributed by atoms with E-state index >= 15 is 0 Å². The van der Waals surface area contributed by atoms with Crippen molar-refractivity contribution in [3.63, 3.8) is 0 Å². The molecule has 1 amide bonds. The highest BCUT2D eigenvalue weighted by Gasteiger charge is 2.09. The molecule has 26 heavy (non-hydrogen) atoms. The lowest BCUT2D eigenvalue weighted by molar-refractivity contribution is 0.0946. The summed E-state index contributed by atoms with van der Waals surface area (Å²) in [6.45, 7) is 0.763. The number of benzene rings is 2. The minimum Gasteiger partial charge on any atom is -0.366 e. The second-order valence-electron chi connectivity index (χ2n) is 5.54. The maximum atomic E-state index is 12.9. The second-order valence-corrected chi connectivity index (χ2v) is 5.95. The molecule has 2 aromatic carbocycles. The molecule has 1 heterocycles. The molecule has 0 bridgehead atoms. The zero-order valence-electron chi connectivity index (χ0n) is 13.7. The fourth-order valence-electron chi connectivity index (χ4n) is 2.28. The average molecular weight is 371 g/mol. The van der Waals surface area contributed by atoms with Crippen LogP contribution >= 0.6 is 11.6 Å². The summed E-state index contributed by atoms with van der Waals surface area (Å²) in [5.74, 6) is -0.0994. The van der Waals surface area contributed by atoms with Crippen LogP contribution in [0.3, 0.4) is 0 Å². The van der Waals surface area contributed by atoms with Crippen LogP contribution in [-0.4, -0.2) is 15.9 Å². The first kappa shape index (κ1) is 17.8. The Morgan fingerprint density at radius 3 is 2.58 bits per heavy atom. The highest BCUT2D eigenvalue weighted by atomic mass is 35.5. The summed E-state index contributed by atoms with van der Waals surface area (Å²) in [6.07, 6.45) is 1.32. The number of aromatic nitrogens is 2. The number of carbonyl (C=O) groups is 1. The molecular formula is C19H16ClFN4O. The fourth-order valence-corrected chi connectivity index (χ4v) is 2.48. The van der Waals surface area contributed by atoms with Gasteiger partial charge in [-0.2, -0.15) is 0 Å². The van der Waals surface area contributed by atoms with Crippen LogP contribution in [0.5, 0.6) is 0 Å². The third-order valence-electron chi connectivity index (χ3n) is 3.68. The van der Waals surface area contributed by atoms with Crippen LogP contribution in [0.1, 0.15) is 21.6 Å². The predicted molar refractivity (Wildman–Crippen MR) is 98.4 cm³/mol. The van der Waals surface area contributed by atoms with Gasteiger partial charge in [0, 0.05) is 24.2 Å². The summed E-state index contributed by atoms with van der Waals surface area (Å²) in [4.78, 5) is 20.4. The molecule has 2 N–H and O–H groups in total. The van der Waals surface area contributed by atoms with Gasteiger partial charge in [0.15, 0.2) is 0 Å². The van der Waals surface area contributed by atoms with Gasteiger partial charge in [-0.05, 0) is 29.3 Å². The molecule has 0 fully saturated rings. The molecule has 3 aromatic rings. The fraction of sp³-hybridized carbons (Fsp3) is 0.105. The van der Waals surface area contributed by atoms with Crippen molar-refractivity contribution in [3.8, 4) is 0 Å². The number of hydrogen-bond donors (Lipinski definition) is 2. The number of carbonyl (C=O) groups excluding carboxylic acids is 1. The van der Waals surface area contributed by atoms with E-state index in [-0.39, 0.29) is 17.4 Å². The molecule has 0 atom stereocenters. The second kappa shape index (κ2) is 8.40. The number of halogens is 2. The Balaban J connectivity index is 1.60. The standard InChI is InChI=1S/C19H16ClFN4O/c20-16-4-2-1-3-14(16)11-23-19(26)17-9-18(25-12-24-17)22-10-13-5-7-15(21)8-6-13/h1-9,12H,10-11H2,(H,23,26)(H,22,24,25). The Bertz CT molecular complexity index is 902. The van der Waals surface area contributed by atoms with Gasteiger partial charge in [-0.1, -0.05) is 41.9 Å².